The maximum Gasteiger partial charge on any atom is 0.119 e. The lowest BCUT2D eigenvalue weighted by Crippen LogP contribution is -2.55. The summed E-state index contributed by atoms with van der Waals surface area (Å²) in [6.07, 6.45) is -2.45. The van der Waals surface area contributed by atoms with Gasteiger partial charge in [-0.05, 0) is 54.2 Å². The molecule has 7 nitrogen and oxygen atoms in total. The van der Waals surface area contributed by atoms with E-state index in [1.165, 1.54) is 0 Å². The second kappa shape index (κ2) is 11.6. The molecule has 0 aromatic heterocycles. The van der Waals surface area contributed by atoms with Crippen LogP contribution in [0, 0.1) is 11.3 Å². The molecule has 1 heterocycles. The molecule has 33 heavy (non-hydrogen) atoms. The number of ether oxygens (including phenoxy) is 2. The van der Waals surface area contributed by atoms with Crippen LogP contribution in [0.1, 0.15) is 61.5 Å². The van der Waals surface area contributed by atoms with Crippen molar-refractivity contribution in [2.45, 2.75) is 76.2 Å². The van der Waals surface area contributed by atoms with Gasteiger partial charge >= 0.3 is 0 Å². The van der Waals surface area contributed by atoms with Crippen LogP contribution in [0.15, 0.2) is 42.5 Å². The Morgan fingerprint density at radius 3 is 2.36 bits per heavy atom. The van der Waals surface area contributed by atoms with Gasteiger partial charge in [0, 0.05) is 0 Å². The highest BCUT2D eigenvalue weighted by atomic mass is 16.5. The van der Waals surface area contributed by atoms with Gasteiger partial charge in [0.15, 0.2) is 0 Å². The third-order valence-electron chi connectivity index (χ3n) is 6.16. The summed E-state index contributed by atoms with van der Waals surface area (Å²) in [4.78, 5) is 0. The Morgan fingerprint density at radius 1 is 1.03 bits per heavy atom. The lowest BCUT2D eigenvalue weighted by Gasteiger charge is -2.40. The highest BCUT2D eigenvalue weighted by molar-refractivity contribution is 5.44. The Hall–Kier alpha value is -2.47. The fourth-order valence-electron chi connectivity index (χ4n) is 4.19. The van der Waals surface area contributed by atoms with Crippen LogP contribution in [0.3, 0.4) is 0 Å². The van der Waals surface area contributed by atoms with Crippen LogP contribution >= 0.6 is 0 Å². The van der Waals surface area contributed by atoms with Gasteiger partial charge in [0.2, 0.25) is 0 Å². The Labute approximate surface area is 194 Å². The van der Waals surface area contributed by atoms with Crippen molar-refractivity contribution < 1.29 is 29.9 Å². The molecule has 0 amide bonds. The summed E-state index contributed by atoms with van der Waals surface area (Å²) >= 11 is 0. The summed E-state index contributed by atoms with van der Waals surface area (Å²) < 4.78 is 11.7. The summed E-state index contributed by atoms with van der Waals surface area (Å²) in [6, 6.07) is 15.1. The van der Waals surface area contributed by atoms with Crippen LogP contribution in [0.4, 0.5) is 0 Å². The molecule has 3 rings (SSSR count). The van der Waals surface area contributed by atoms with E-state index in [4.69, 9.17) is 9.47 Å². The van der Waals surface area contributed by atoms with Gasteiger partial charge in [-0.2, -0.15) is 5.26 Å². The van der Waals surface area contributed by atoms with Gasteiger partial charge in [-0.15, -0.1) is 0 Å². The highest BCUT2D eigenvalue weighted by Gasteiger charge is 2.44. The molecular weight excluding hydrogens is 422 g/mol. The van der Waals surface area contributed by atoms with E-state index in [0.717, 1.165) is 36.1 Å². The summed E-state index contributed by atoms with van der Waals surface area (Å²) in [7, 11) is 0. The first-order valence-electron chi connectivity index (χ1n) is 11.5. The van der Waals surface area contributed by atoms with Crippen molar-refractivity contribution in [2.75, 3.05) is 6.61 Å². The number of benzene rings is 2. The molecule has 178 valence electrons. The third-order valence-corrected chi connectivity index (χ3v) is 6.16. The zero-order chi connectivity index (χ0) is 24.0. The number of rotatable bonds is 9. The zero-order valence-electron chi connectivity index (χ0n) is 19.1. The first-order valence-corrected chi connectivity index (χ1v) is 11.5. The SMILES string of the molecule is CCCC(CC)Oc1ccc(Cc2cc([C@@H]3O[C@H](CO)[C@@H](O)[C@H](O)[C@H]3O)ccc2C#N)cc1. The van der Waals surface area contributed by atoms with E-state index in [1.54, 1.807) is 18.2 Å². The molecule has 1 saturated heterocycles. The molecule has 0 saturated carbocycles. The van der Waals surface area contributed by atoms with Gasteiger partial charge in [-0.3, -0.25) is 0 Å². The van der Waals surface area contributed by atoms with Gasteiger partial charge in [-0.25, -0.2) is 0 Å². The second-order valence-corrected chi connectivity index (χ2v) is 8.54. The van der Waals surface area contributed by atoms with E-state index in [2.05, 4.69) is 19.9 Å². The number of hydrogen-bond acceptors (Lipinski definition) is 7. The predicted octanol–water partition coefficient (Wildman–Crippen LogP) is 2.62. The van der Waals surface area contributed by atoms with Crippen molar-refractivity contribution >= 4 is 0 Å². The topological polar surface area (TPSA) is 123 Å². The Kier molecular flexibility index (Phi) is 8.84. The number of nitriles is 1. The van der Waals surface area contributed by atoms with Crippen molar-refractivity contribution in [1.82, 2.24) is 0 Å². The van der Waals surface area contributed by atoms with Crippen LogP contribution < -0.4 is 4.74 Å². The Morgan fingerprint density at radius 2 is 1.76 bits per heavy atom. The standard InChI is InChI=1S/C26H33NO6/c1-3-5-20(4-2)32-21-10-6-16(7-11-21)12-19-13-17(8-9-18(19)14-27)26-25(31)24(30)23(29)22(15-28)33-26/h6-11,13,20,22-26,28-31H,3-5,12,15H2,1-2H3/t20?,22-,23-,24+,25-,26+/m1/s1. The van der Waals surface area contributed by atoms with E-state index in [0.29, 0.717) is 17.5 Å². The minimum absolute atomic E-state index is 0.196. The van der Waals surface area contributed by atoms with Gasteiger partial charge in [-0.1, -0.05) is 44.5 Å². The molecule has 4 N–H and O–H groups in total. The van der Waals surface area contributed by atoms with Crippen LogP contribution in [0.2, 0.25) is 0 Å². The number of hydrogen-bond donors (Lipinski definition) is 4. The molecule has 1 unspecified atom stereocenters. The molecule has 0 radical (unpaired) electrons. The van der Waals surface area contributed by atoms with Crippen LogP contribution in [-0.2, 0) is 11.2 Å². The summed E-state index contributed by atoms with van der Waals surface area (Å²) in [5.41, 5.74) is 2.80. The second-order valence-electron chi connectivity index (χ2n) is 8.54. The van der Waals surface area contributed by atoms with Crippen molar-refractivity contribution in [1.29, 1.82) is 5.26 Å². The quantitative estimate of drug-likeness (QED) is 0.458. The normalized spacial score (nSPS) is 25.9. The first kappa shape index (κ1) is 25.2. The summed E-state index contributed by atoms with van der Waals surface area (Å²) in [5.74, 6) is 0.814. The molecule has 1 aliphatic rings. The minimum Gasteiger partial charge on any atom is -0.490 e. The predicted molar refractivity (Wildman–Crippen MR) is 123 cm³/mol. The van der Waals surface area contributed by atoms with E-state index < -0.39 is 37.1 Å². The molecule has 0 aliphatic carbocycles. The van der Waals surface area contributed by atoms with E-state index in [9.17, 15) is 25.7 Å². The smallest absolute Gasteiger partial charge is 0.119 e. The maximum absolute atomic E-state index is 10.4. The lowest BCUT2D eigenvalue weighted by molar-refractivity contribution is -0.231. The molecule has 0 spiro atoms. The fourth-order valence-corrected chi connectivity index (χ4v) is 4.19. The number of nitrogens with zero attached hydrogens (tertiary/aromatic N) is 1. The van der Waals surface area contributed by atoms with Crippen LogP contribution in [0.25, 0.3) is 0 Å². The van der Waals surface area contributed by atoms with Crippen molar-refractivity contribution in [2.24, 2.45) is 0 Å². The lowest BCUT2D eigenvalue weighted by atomic mass is 9.89. The van der Waals surface area contributed by atoms with E-state index >= 15 is 0 Å². The molecule has 1 fully saturated rings. The molecule has 2 aromatic carbocycles. The monoisotopic (exact) mass is 455 g/mol. The van der Waals surface area contributed by atoms with Crippen LogP contribution in [-0.4, -0.2) is 57.6 Å². The van der Waals surface area contributed by atoms with Crippen molar-refractivity contribution in [3.63, 3.8) is 0 Å². The Balaban J connectivity index is 1.80. The van der Waals surface area contributed by atoms with Gasteiger partial charge < -0.3 is 29.9 Å². The number of aliphatic hydroxyl groups is 4. The van der Waals surface area contributed by atoms with E-state index in [1.807, 2.05) is 24.3 Å². The molecule has 6 atom stereocenters. The molecule has 0 bridgehead atoms. The summed E-state index contributed by atoms with van der Waals surface area (Å²) in [5, 5.41) is 49.6. The highest BCUT2D eigenvalue weighted by Crippen LogP contribution is 2.33. The van der Waals surface area contributed by atoms with Gasteiger partial charge in [0.05, 0.1) is 24.3 Å². The number of aliphatic hydroxyl groups excluding tert-OH is 4. The molecule has 7 heteroatoms. The first-order chi connectivity index (χ1) is 15.9. The van der Waals surface area contributed by atoms with E-state index in [-0.39, 0.29) is 6.10 Å². The average Bonchev–Trinajstić information content (AvgIpc) is 2.83. The Bertz CT molecular complexity index is 939. The average molecular weight is 456 g/mol. The van der Waals surface area contributed by atoms with Crippen molar-refractivity contribution in [3.05, 3.63) is 64.7 Å². The molecular formula is C26H33NO6. The van der Waals surface area contributed by atoms with Crippen LogP contribution in [0.5, 0.6) is 5.75 Å². The van der Waals surface area contributed by atoms with Crippen molar-refractivity contribution in [3.8, 4) is 11.8 Å². The fraction of sp³-hybridized carbons (Fsp3) is 0.500. The molecule has 1 aliphatic heterocycles. The summed E-state index contributed by atoms with van der Waals surface area (Å²) in [6.45, 7) is 3.76. The molecule has 2 aromatic rings. The maximum atomic E-state index is 10.4. The third kappa shape index (κ3) is 5.91. The van der Waals surface area contributed by atoms with Gasteiger partial charge in [0.1, 0.15) is 36.3 Å². The zero-order valence-corrected chi connectivity index (χ0v) is 19.1. The van der Waals surface area contributed by atoms with Gasteiger partial charge in [0.25, 0.3) is 0 Å². The largest absolute Gasteiger partial charge is 0.490 e. The minimum atomic E-state index is -1.45.